The molecule has 0 saturated heterocycles. The Morgan fingerprint density at radius 1 is 1.11 bits per heavy atom. The fraction of sp³-hybridized carbons (Fsp3) is 0.250. The van der Waals surface area contributed by atoms with Crippen molar-refractivity contribution in [3.05, 3.63) is 59.1 Å². The minimum absolute atomic E-state index is 0.722. The number of nitrogens with one attached hydrogen (secondary N) is 1. The van der Waals surface area contributed by atoms with Crippen LogP contribution in [0.15, 0.2) is 48.5 Å². The van der Waals surface area contributed by atoms with E-state index >= 15 is 0 Å². The van der Waals surface area contributed by atoms with Crippen LogP contribution in [0.25, 0.3) is 0 Å². The van der Waals surface area contributed by atoms with Crippen LogP contribution >= 0.6 is 11.6 Å². The molecule has 0 amide bonds. The minimum atomic E-state index is 0.722. The number of rotatable bonds is 6. The zero-order chi connectivity index (χ0) is 13.5. The molecule has 0 saturated carbocycles. The fourth-order valence-corrected chi connectivity index (χ4v) is 1.99. The summed E-state index contributed by atoms with van der Waals surface area (Å²) in [7, 11) is 0. The topological polar surface area (TPSA) is 21.3 Å². The molecule has 2 rings (SSSR count). The second kappa shape index (κ2) is 7.05. The van der Waals surface area contributed by atoms with Gasteiger partial charge in [-0.3, -0.25) is 0 Å². The molecule has 0 radical (unpaired) electrons. The highest BCUT2D eigenvalue weighted by molar-refractivity contribution is 6.30. The van der Waals surface area contributed by atoms with Crippen LogP contribution in [-0.2, 0) is 6.54 Å². The Hall–Kier alpha value is -1.67. The highest BCUT2D eigenvalue weighted by Crippen LogP contribution is 2.21. The lowest BCUT2D eigenvalue weighted by Crippen LogP contribution is -2.03. The fourth-order valence-electron chi connectivity index (χ4n) is 1.80. The monoisotopic (exact) mass is 275 g/mol. The Kier molecular flexibility index (Phi) is 5.10. The molecule has 0 aliphatic rings. The summed E-state index contributed by atoms with van der Waals surface area (Å²) >= 11 is 5.96. The van der Waals surface area contributed by atoms with Gasteiger partial charge in [0.15, 0.2) is 0 Å². The van der Waals surface area contributed by atoms with Crippen LogP contribution in [0.4, 0.5) is 5.69 Å². The molecule has 2 aromatic rings. The van der Waals surface area contributed by atoms with E-state index in [1.54, 1.807) is 0 Å². The van der Waals surface area contributed by atoms with E-state index in [4.69, 9.17) is 16.3 Å². The second-order valence-electron chi connectivity index (χ2n) is 4.32. The first kappa shape index (κ1) is 13.8. The first-order valence-corrected chi connectivity index (χ1v) is 6.87. The highest BCUT2D eigenvalue weighted by atomic mass is 35.5. The molecule has 1 N–H and O–H groups in total. The zero-order valence-electron chi connectivity index (χ0n) is 11.0. The Labute approximate surface area is 119 Å². The van der Waals surface area contributed by atoms with E-state index in [2.05, 4.69) is 18.3 Å². The van der Waals surface area contributed by atoms with Gasteiger partial charge in [-0.05, 0) is 30.7 Å². The van der Waals surface area contributed by atoms with Crippen molar-refractivity contribution in [2.45, 2.75) is 19.9 Å². The van der Waals surface area contributed by atoms with E-state index in [1.165, 1.54) is 0 Å². The summed E-state index contributed by atoms with van der Waals surface area (Å²) in [5.74, 6) is 0.943. The van der Waals surface area contributed by atoms with Crippen molar-refractivity contribution in [1.82, 2.24) is 0 Å². The van der Waals surface area contributed by atoms with Gasteiger partial charge in [-0.25, -0.2) is 0 Å². The molecule has 0 bridgehead atoms. The van der Waals surface area contributed by atoms with Crippen LogP contribution in [0.2, 0.25) is 5.02 Å². The Bertz CT molecular complexity index is 528. The molecule has 19 heavy (non-hydrogen) atoms. The summed E-state index contributed by atoms with van der Waals surface area (Å²) in [6, 6.07) is 15.8. The molecule has 2 nitrogen and oxygen atoms in total. The molecule has 0 fully saturated rings. The molecule has 0 aromatic heterocycles. The van der Waals surface area contributed by atoms with Crippen LogP contribution in [0.3, 0.4) is 0 Å². The Morgan fingerprint density at radius 2 is 1.95 bits per heavy atom. The van der Waals surface area contributed by atoms with Crippen molar-refractivity contribution in [2.24, 2.45) is 0 Å². The number of hydrogen-bond donors (Lipinski definition) is 1. The first-order chi connectivity index (χ1) is 9.29. The molecular formula is C16H18ClNO. The van der Waals surface area contributed by atoms with Gasteiger partial charge in [0.05, 0.1) is 6.61 Å². The SMILES string of the molecule is CCCOc1ccccc1CNc1cccc(Cl)c1. The van der Waals surface area contributed by atoms with Crippen LogP contribution in [0, 0.1) is 0 Å². The molecule has 0 atom stereocenters. The lowest BCUT2D eigenvalue weighted by atomic mass is 10.2. The average Bonchev–Trinajstić information content (AvgIpc) is 2.44. The third kappa shape index (κ3) is 4.18. The van der Waals surface area contributed by atoms with Gasteiger partial charge in [0.1, 0.15) is 5.75 Å². The molecule has 2 aromatic carbocycles. The lowest BCUT2D eigenvalue weighted by molar-refractivity contribution is 0.314. The van der Waals surface area contributed by atoms with Gasteiger partial charge in [0, 0.05) is 22.8 Å². The highest BCUT2D eigenvalue weighted by Gasteiger charge is 2.02. The van der Waals surface area contributed by atoms with Crippen molar-refractivity contribution >= 4 is 17.3 Å². The van der Waals surface area contributed by atoms with Gasteiger partial charge in [-0.1, -0.05) is 42.8 Å². The van der Waals surface area contributed by atoms with Crippen LogP contribution in [0.5, 0.6) is 5.75 Å². The summed E-state index contributed by atoms with van der Waals surface area (Å²) in [6.07, 6.45) is 1.01. The van der Waals surface area contributed by atoms with E-state index in [0.29, 0.717) is 0 Å². The van der Waals surface area contributed by atoms with E-state index in [0.717, 1.165) is 41.6 Å². The third-order valence-electron chi connectivity index (χ3n) is 2.74. The van der Waals surface area contributed by atoms with Crippen molar-refractivity contribution in [3.8, 4) is 5.75 Å². The number of ether oxygens (including phenoxy) is 1. The summed E-state index contributed by atoms with van der Waals surface area (Å²) in [4.78, 5) is 0. The minimum Gasteiger partial charge on any atom is -0.493 e. The standard InChI is InChI=1S/C16H18ClNO/c1-2-10-19-16-9-4-3-6-13(16)12-18-15-8-5-7-14(17)11-15/h3-9,11,18H,2,10,12H2,1H3. The molecule has 0 aliphatic heterocycles. The van der Waals surface area contributed by atoms with E-state index < -0.39 is 0 Å². The predicted molar refractivity (Wildman–Crippen MR) is 81.0 cm³/mol. The van der Waals surface area contributed by atoms with Crippen molar-refractivity contribution in [2.75, 3.05) is 11.9 Å². The summed E-state index contributed by atoms with van der Waals surface area (Å²) in [6.45, 7) is 3.57. The van der Waals surface area contributed by atoms with Crippen LogP contribution in [0.1, 0.15) is 18.9 Å². The van der Waals surface area contributed by atoms with Gasteiger partial charge >= 0.3 is 0 Å². The summed E-state index contributed by atoms with van der Waals surface area (Å²) < 4.78 is 5.73. The second-order valence-corrected chi connectivity index (χ2v) is 4.76. The normalized spacial score (nSPS) is 10.2. The van der Waals surface area contributed by atoms with Gasteiger partial charge in [-0.15, -0.1) is 0 Å². The lowest BCUT2D eigenvalue weighted by Gasteiger charge is -2.12. The number of hydrogen-bond acceptors (Lipinski definition) is 2. The van der Waals surface area contributed by atoms with Crippen LogP contribution in [-0.4, -0.2) is 6.61 Å². The summed E-state index contributed by atoms with van der Waals surface area (Å²) in [5, 5.41) is 4.09. The zero-order valence-corrected chi connectivity index (χ0v) is 11.8. The number of halogens is 1. The van der Waals surface area contributed by atoms with Gasteiger partial charge in [-0.2, -0.15) is 0 Å². The number of para-hydroxylation sites is 1. The van der Waals surface area contributed by atoms with E-state index in [-0.39, 0.29) is 0 Å². The quantitative estimate of drug-likeness (QED) is 0.822. The maximum Gasteiger partial charge on any atom is 0.124 e. The molecule has 0 spiro atoms. The molecular weight excluding hydrogens is 258 g/mol. The first-order valence-electron chi connectivity index (χ1n) is 6.49. The maximum atomic E-state index is 5.96. The molecule has 3 heteroatoms. The third-order valence-corrected chi connectivity index (χ3v) is 2.98. The Morgan fingerprint density at radius 3 is 2.74 bits per heavy atom. The Balaban J connectivity index is 2.02. The van der Waals surface area contributed by atoms with Gasteiger partial charge < -0.3 is 10.1 Å². The van der Waals surface area contributed by atoms with Crippen molar-refractivity contribution in [1.29, 1.82) is 0 Å². The number of benzene rings is 2. The molecule has 0 heterocycles. The largest absolute Gasteiger partial charge is 0.493 e. The van der Waals surface area contributed by atoms with Crippen molar-refractivity contribution < 1.29 is 4.74 Å². The van der Waals surface area contributed by atoms with Gasteiger partial charge in [0.25, 0.3) is 0 Å². The summed E-state index contributed by atoms with van der Waals surface area (Å²) in [5.41, 5.74) is 2.16. The number of anilines is 1. The van der Waals surface area contributed by atoms with E-state index in [9.17, 15) is 0 Å². The van der Waals surface area contributed by atoms with Crippen LogP contribution < -0.4 is 10.1 Å². The van der Waals surface area contributed by atoms with E-state index in [1.807, 2.05) is 42.5 Å². The smallest absolute Gasteiger partial charge is 0.124 e. The molecule has 100 valence electrons. The predicted octanol–water partition coefficient (Wildman–Crippen LogP) is 4.74. The van der Waals surface area contributed by atoms with Crippen molar-refractivity contribution in [3.63, 3.8) is 0 Å². The molecule has 0 unspecified atom stereocenters. The maximum absolute atomic E-state index is 5.96. The molecule has 0 aliphatic carbocycles. The van der Waals surface area contributed by atoms with Gasteiger partial charge in [0.2, 0.25) is 0 Å². The average molecular weight is 276 g/mol.